The minimum atomic E-state index is 0.0867. The largest absolute Gasteiger partial charge is 0.494 e. The van der Waals surface area contributed by atoms with E-state index in [9.17, 15) is 0 Å². The van der Waals surface area contributed by atoms with Gasteiger partial charge in [0, 0.05) is 6.20 Å². The van der Waals surface area contributed by atoms with E-state index < -0.39 is 0 Å². The fourth-order valence-corrected chi connectivity index (χ4v) is 1.99. The third kappa shape index (κ3) is 3.51. The van der Waals surface area contributed by atoms with Crippen LogP contribution in [0, 0.1) is 0 Å². The van der Waals surface area contributed by atoms with Crippen LogP contribution < -0.4 is 10.1 Å². The van der Waals surface area contributed by atoms with Crippen molar-refractivity contribution in [2.24, 2.45) is 0 Å². The second-order valence-corrected chi connectivity index (χ2v) is 4.13. The highest BCUT2D eigenvalue weighted by molar-refractivity contribution is 5.33. The molecule has 0 radical (unpaired) electrons. The summed E-state index contributed by atoms with van der Waals surface area (Å²) >= 11 is 0. The van der Waals surface area contributed by atoms with Gasteiger partial charge in [0.2, 0.25) is 0 Å². The number of ether oxygens (including phenoxy) is 1. The topological polar surface area (TPSA) is 47.0 Å². The van der Waals surface area contributed by atoms with Gasteiger partial charge in [-0.15, -0.1) is 0 Å². The van der Waals surface area contributed by atoms with Gasteiger partial charge in [0.1, 0.15) is 12.1 Å². The molecule has 0 amide bonds. The molecule has 1 aromatic heterocycles. The van der Waals surface area contributed by atoms with Gasteiger partial charge in [-0.05, 0) is 37.2 Å². The molecule has 2 rings (SSSR count). The average Bonchev–Trinajstić information content (AvgIpc) is 2.47. The summed E-state index contributed by atoms with van der Waals surface area (Å²) in [6.45, 7) is 5.63. The number of rotatable bonds is 6. The minimum Gasteiger partial charge on any atom is -0.494 e. The Morgan fingerprint density at radius 2 is 1.95 bits per heavy atom. The van der Waals surface area contributed by atoms with Gasteiger partial charge in [-0.25, -0.2) is 9.97 Å². The Hall–Kier alpha value is -1.94. The quantitative estimate of drug-likeness (QED) is 0.864. The Kier molecular flexibility index (Phi) is 4.86. The van der Waals surface area contributed by atoms with E-state index in [0.29, 0.717) is 6.61 Å². The summed E-state index contributed by atoms with van der Waals surface area (Å²) < 4.78 is 5.46. The molecule has 0 spiro atoms. The zero-order chi connectivity index (χ0) is 13.5. The maximum atomic E-state index is 5.46. The van der Waals surface area contributed by atoms with Crippen LogP contribution in [-0.4, -0.2) is 23.1 Å². The summed E-state index contributed by atoms with van der Waals surface area (Å²) in [7, 11) is 0. The van der Waals surface area contributed by atoms with Gasteiger partial charge in [0.15, 0.2) is 0 Å². The average molecular weight is 257 g/mol. The Balaban J connectivity index is 2.24. The summed E-state index contributed by atoms with van der Waals surface area (Å²) in [6, 6.07) is 10.1. The first-order valence-electron chi connectivity index (χ1n) is 6.57. The molecule has 4 nitrogen and oxygen atoms in total. The van der Waals surface area contributed by atoms with Crippen molar-refractivity contribution in [3.05, 3.63) is 54.1 Å². The molecule has 1 atom stereocenters. The van der Waals surface area contributed by atoms with Crippen LogP contribution in [0.1, 0.15) is 31.1 Å². The molecule has 2 aromatic rings. The lowest BCUT2D eigenvalue weighted by Gasteiger charge is -2.18. The molecule has 100 valence electrons. The van der Waals surface area contributed by atoms with E-state index >= 15 is 0 Å². The number of nitrogens with zero attached hydrogens (tertiary/aromatic N) is 2. The van der Waals surface area contributed by atoms with E-state index in [1.54, 1.807) is 12.5 Å². The number of benzene rings is 1. The standard InChI is InChI=1S/C15H19N3O/c1-3-17-15(14-9-10-16-11-18-14)12-5-7-13(8-6-12)19-4-2/h5-11,15,17H,3-4H2,1-2H3. The number of hydrogen-bond donors (Lipinski definition) is 1. The first kappa shape index (κ1) is 13.5. The van der Waals surface area contributed by atoms with Gasteiger partial charge in [-0.2, -0.15) is 0 Å². The molecule has 0 bridgehead atoms. The Labute approximate surface area is 113 Å². The molecule has 0 fully saturated rings. The number of aromatic nitrogens is 2. The fourth-order valence-electron chi connectivity index (χ4n) is 1.99. The van der Waals surface area contributed by atoms with Crippen molar-refractivity contribution in [3.8, 4) is 5.75 Å². The van der Waals surface area contributed by atoms with Crippen LogP contribution in [0.3, 0.4) is 0 Å². The lowest BCUT2D eigenvalue weighted by atomic mass is 10.0. The first-order chi connectivity index (χ1) is 9.35. The second-order valence-electron chi connectivity index (χ2n) is 4.13. The van der Waals surface area contributed by atoms with E-state index in [1.165, 1.54) is 5.56 Å². The Morgan fingerprint density at radius 1 is 1.16 bits per heavy atom. The van der Waals surface area contributed by atoms with Crippen molar-refractivity contribution >= 4 is 0 Å². The molecule has 0 aliphatic heterocycles. The SMILES string of the molecule is CCNC(c1ccc(OCC)cc1)c1ccncn1. The van der Waals surface area contributed by atoms with Gasteiger partial charge < -0.3 is 10.1 Å². The monoisotopic (exact) mass is 257 g/mol. The maximum absolute atomic E-state index is 5.46. The van der Waals surface area contributed by atoms with Crippen molar-refractivity contribution in [1.82, 2.24) is 15.3 Å². The van der Waals surface area contributed by atoms with E-state index in [4.69, 9.17) is 4.74 Å². The third-order valence-electron chi connectivity index (χ3n) is 2.83. The molecule has 0 aliphatic carbocycles. The molecule has 4 heteroatoms. The van der Waals surface area contributed by atoms with Crippen molar-refractivity contribution in [2.75, 3.05) is 13.2 Å². The van der Waals surface area contributed by atoms with Crippen molar-refractivity contribution < 1.29 is 4.74 Å². The molecule has 1 aromatic carbocycles. The van der Waals surface area contributed by atoms with Crippen molar-refractivity contribution in [1.29, 1.82) is 0 Å². The maximum Gasteiger partial charge on any atom is 0.119 e. The molecule has 1 unspecified atom stereocenters. The van der Waals surface area contributed by atoms with Crippen LogP contribution in [-0.2, 0) is 0 Å². The highest BCUT2D eigenvalue weighted by Crippen LogP contribution is 2.22. The summed E-state index contributed by atoms with van der Waals surface area (Å²) in [5, 5.41) is 3.44. The van der Waals surface area contributed by atoms with Gasteiger partial charge in [-0.1, -0.05) is 19.1 Å². The zero-order valence-corrected chi connectivity index (χ0v) is 11.3. The van der Waals surface area contributed by atoms with Crippen LogP contribution in [0.4, 0.5) is 0 Å². The molecular formula is C15H19N3O. The number of hydrogen-bond acceptors (Lipinski definition) is 4. The normalized spacial score (nSPS) is 12.1. The van der Waals surface area contributed by atoms with Gasteiger partial charge in [0.25, 0.3) is 0 Å². The third-order valence-corrected chi connectivity index (χ3v) is 2.83. The van der Waals surface area contributed by atoms with Gasteiger partial charge in [0.05, 0.1) is 18.3 Å². The summed E-state index contributed by atoms with van der Waals surface area (Å²) in [5.74, 6) is 0.893. The van der Waals surface area contributed by atoms with Crippen LogP contribution in [0.2, 0.25) is 0 Å². The highest BCUT2D eigenvalue weighted by atomic mass is 16.5. The molecule has 0 saturated carbocycles. The highest BCUT2D eigenvalue weighted by Gasteiger charge is 2.13. The fraction of sp³-hybridized carbons (Fsp3) is 0.333. The minimum absolute atomic E-state index is 0.0867. The molecular weight excluding hydrogens is 238 g/mol. The van der Waals surface area contributed by atoms with Crippen molar-refractivity contribution in [3.63, 3.8) is 0 Å². The lowest BCUT2D eigenvalue weighted by Crippen LogP contribution is -2.22. The molecule has 0 aliphatic rings. The summed E-state index contributed by atoms with van der Waals surface area (Å²) in [4.78, 5) is 8.29. The first-order valence-corrected chi connectivity index (χ1v) is 6.57. The van der Waals surface area contributed by atoms with E-state index in [0.717, 1.165) is 18.0 Å². The van der Waals surface area contributed by atoms with E-state index in [2.05, 4.69) is 34.3 Å². The predicted molar refractivity (Wildman–Crippen MR) is 75.2 cm³/mol. The molecule has 0 saturated heterocycles. The molecule has 1 N–H and O–H groups in total. The van der Waals surface area contributed by atoms with Crippen LogP contribution >= 0.6 is 0 Å². The van der Waals surface area contributed by atoms with Crippen LogP contribution in [0.5, 0.6) is 5.75 Å². The number of nitrogens with one attached hydrogen (secondary N) is 1. The smallest absolute Gasteiger partial charge is 0.119 e. The van der Waals surface area contributed by atoms with Crippen LogP contribution in [0.15, 0.2) is 42.9 Å². The van der Waals surface area contributed by atoms with Gasteiger partial charge >= 0.3 is 0 Å². The van der Waals surface area contributed by atoms with Crippen LogP contribution in [0.25, 0.3) is 0 Å². The van der Waals surface area contributed by atoms with Crippen molar-refractivity contribution in [2.45, 2.75) is 19.9 Å². The molecule has 1 heterocycles. The zero-order valence-electron chi connectivity index (χ0n) is 11.3. The predicted octanol–water partition coefficient (Wildman–Crippen LogP) is 2.57. The van der Waals surface area contributed by atoms with E-state index in [1.807, 2.05) is 25.1 Å². The summed E-state index contributed by atoms with van der Waals surface area (Å²) in [6.07, 6.45) is 3.34. The van der Waals surface area contributed by atoms with Gasteiger partial charge in [-0.3, -0.25) is 0 Å². The summed E-state index contributed by atoms with van der Waals surface area (Å²) in [5.41, 5.74) is 2.14. The lowest BCUT2D eigenvalue weighted by molar-refractivity contribution is 0.340. The Bertz CT molecular complexity index is 485. The second kappa shape index (κ2) is 6.85. The Morgan fingerprint density at radius 3 is 2.53 bits per heavy atom. The molecule has 19 heavy (non-hydrogen) atoms. The van der Waals surface area contributed by atoms with E-state index in [-0.39, 0.29) is 6.04 Å².